The zero-order valence-corrected chi connectivity index (χ0v) is 16.2. The summed E-state index contributed by atoms with van der Waals surface area (Å²) in [5, 5.41) is 12.2. The number of halogens is 1. The molecule has 0 fully saturated rings. The van der Waals surface area contributed by atoms with Gasteiger partial charge in [0.1, 0.15) is 11.6 Å². The third-order valence-corrected chi connectivity index (χ3v) is 4.54. The minimum absolute atomic E-state index is 0.0531. The molecule has 6 heteroatoms. The van der Waals surface area contributed by atoms with Crippen LogP contribution in [0.15, 0.2) is 48.5 Å². The number of carbonyl (C=O) groups excluding carboxylic acids is 1. The van der Waals surface area contributed by atoms with Gasteiger partial charge >= 0.3 is 5.97 Å². The summed E-state index contributed by atoms with van der Waals surface area (Å²) in [5.41, 5.74) is 1.73. The molecule has 2 aromatic rings. The Hall–Kier alpha value is -2.89. The molecule has 0 heterocycles. The smallest absolute Gasteiger partial charge is 0.308 e. The Morgan fingerprint density at radius 3 is 2.32 bits per heavy atom. The summed E-state index contributed by atoms with van der Waals surface area (Å²) in [5.74, 6) is -1.58. The first-order valence-corrected chi connectivity index (χ1v) is 9.35. The van der Waals surface area contributed by atoms with Crippen molar-refractivity contribution in [2.75, 3.05) is 13.2 Å². The van der Waals surface area contributed by atoms with Gasteiger partial charge in [-0.25, -0.2) is 4.39 Å². The van der Waals surface area contributed by atoms with Crippen LogP contribution in [0.3, 0.4) is 0 Å². The SMILES string of the molecule is CCOc1ccc(CC(CNC(=O)CC(C)c2ccc(F)cc2)C(=O)O)cc1. The molecule has 2 atom stereocenters. The molecule has 2 unspecified atom stereocenters. The summed E-state index contributed by atoms with van der Waals surface area (Å²) >= 11 is 0. The van der Waals surface area contributed by atoms with E-state index in [2.05, 4.69) is 5.32 Å². The van der Waals surface area contributed by atoms with Crippen LogP contribution in [0.5, 0.6) is 5.75 Å². The lowest BCUT2D eigenvalue weighted by Gasteiger charge is -2.16. The van der Waals surface area contributed by atoms with Crippen molar-refractivity contribution in [2.45, 2.75) is 32.6 Å². The number of hydrogen-bond donors (Lipinski definition) is 2. The van der Waals surface area contributed by atoms with Crippen molar-refractivity contribution in [3.8, 4) is 5.75 Å². The highest BCUT2D eigenvalue weighted by Crippen LogP contribution is 2.19. The molecule has 0 radical (unpaired) electrons. The standard InChI is InChI=1S/C22H26FNO4/c1-3-28-20-10-4-16(5-11-20)13-18(22(26)27)14-24-21(25)12-15(2)17-6-8-19(23)9-7-17/h4-11,15,18H,3,12-14H2,1-2H3,(H,24,25)(H,26,27). The molecule has 1 amide bonds. The van der Waals surface area contributed by atoms with Crippen molar-refractivity contribution in [3.63, 3.8) is 0 Å². The molecule has 150 valence electrons. The highest BCUT2D eigenvalue weighted by molar-refractivity contribution is 5.78. The number of amides is 1. The van der Waals surface area contributed by atoms with Crippen LogP contribution >= 0.6 is 0 Å². The maximum atomic E-state index is 13.0. The maximum absolute atomic E-state index is 13.0. The van der Waals surface area contributed by atoms with E-state index in [1.807, 2.05) is 26.0 Å². The topological polar surface area (TPSA) is 75.6 Å². The number of carboxylic acid groups (broad SMARTS) is 1. The van der Waals surface area contributed by atoms with E-state index in [-0.39, 0.29) is 30.6 Å². The van der Waals surface area contributed by atoms with Gasteiger partial charge in [-0.2, -0.15) is 0 Å². The summed E-state index contributed by atoms with van der Waals surface area (Å²) in [7, 11) is 0. The van der Waals surface area contributed by atoms with Gasteiger partial charge in [-0.05, 0) is 54.7 Å². The van der Waals surface area contributed by atoms with Crippen LogP contribution in [0, 0.1) is 11.7 Å². The normalized spacial score (nSPS) is 12.8. The summed E-state index contributed by atoms with van der Waals surface area (Å²) in [6.07, 6.45) is 0.524. The second-order valence-electron chi connectivity index (χ2n) is 6.78. The van der Waals surface area contributed by atoms with Crippen molar-refractivity contribution in [2.24, 2.45) is 5.92 Å². The van der Waals surface area contributed by atoms with E-state index in [9.17, 15) is 19.1 Å². The van der Waals surface area contributed by atoms with Gasteiger partial charge in [-0.15, -0.1) is 0 Å². The molecule has 0 bridgehead atoms. The molecular formula is C22H26FNO4. The summed E-state index contributed by atoms with van der Waals surface area (Å²) in [6.45, 7) is 4.40. The number of rotatable bonds is 10. The molecule has 5 nitrogen and oxygen atoms in total. The zero-order chi connectivity index (χ0) is 20.5. The molecule has 0 saturated heterocycles. The van der Waals surface area contributed by atoms with Gasteiger partial charge in [0, 0.05) is 13.0 Å². The Morgan fingerprint density at radius 2 is 1.75 bits per heavy atom. The average Bonchev–Trinajstić information content (AvgIpc) is 2.67. The number of benzene rings is 2. The Labute approximate surface area is 164 Å². The van der Waals surface area contributed by atoms with Crippen molar-refractivity contribution in [1.29, 1.82) is 0 Å². The fourth-order valence-electron chi connectivity index (χ4n) is 2.92. The number of nitrogens with one attached hydrogen (secondary N) is 1. The minimum atomic E-state index is -0.958. The number of aliphatic carboxylic acids is 1. The van der Waals surface area contributed by atoms with Crippen LogP contribution in [0.4, 0.5) is 4.39 Å². The van der Waals surface area contributed by atoms with Crippen LogP contribution in [0.1, 0.15) is 37.3 Å². The highest BCUT2D eigenvalue weighted by Gasteiger charge is 2.20. The second-order valence-corrected chi connectivity index (χ2v) is 6.78. The fraction of sp³-hybridized carbons (Fsp3) is 0.364. The average molecular weight is 387 g/mol. The summed E-state index contributed by atoms with van der Waals surface area (Å²) in [4.78, 5) is 23.7. The van der Waals surface area contributed by atoms with Gasteiger partial charge in [0.25, 0.3) is 0 Å². The van der Waals surface area contributed by atoms with Crippen molar-refractivity contribution in [1.82, 2.24) is 5.32 Å². The largest absolute Gasteiger partial charge is 0.494 e. The first-order chi connectivity index (χ1) is 13.4. The predicted molar refractivity (Wildman–Crippen MR) is 105 cm³/mol. The van der Waals surface area contributed by atoms with Gasteiger partial charge in [0.05, 0.1) is 12.5 Å². The quantitative estimate of drug-likeness (QED) is 0.651. The molecular weight excluding hydrogens is 361 g/mol. The number of carboxylic acids is 1. The van der Waals surface area contributed by atoms with Crippen LogP contribution in [-0.2, 0) is 16.0 Å². The fourth-order valence-corrected chi connectivity index (χ4v) is 2.92. The molecule has 0 aliphatic heterocycles. The third kappa shape index (κ3) is 6.68. The Bertz CT molecular complexity index is 774. The lowest BCUT2D eigenvalue weighted by molar-refractivity contribution is -0.141. The van der Waals surface area contributed by atoms with Crippen molar-refractivity contribution in [3.05, 3.63) is 65.5 Å². The Balaban J connectivity index is 1.87. The van der Waals surface area contributed by atoms with E-state index < -0.39 is 11.9 Å². The van der Waals surface area contributed by atoms with E-state index >= 15 is 0 Å². The zero-order valence-electron chi connectivity index (χ0n) is 16.2. The van der Waals surface area contributed by atoms with Crippen LogP contribution < -0.4 is 10.1 Å². The number of ether oxygens (including phenoxy) is 1. The first kappa shape index (κ1) is 21.4. The lowest BCUT2D eigenvalue weighted by atomic mass is 9.96. The predicted octanol–water partition coefficient (Wildman–Crippen LogP) is 3.78. The van der Waals surface area contributed by atoms with E-state index in [1.54, 1.807) is 24.3 Å². The van der Waals surface area contributed by atoms with Crippen LogP contribution in [0.2, 0.25) is 0 Å². The first-order valence-electron chi connectivity index (χ1n) is 9.35. The molecule has 2 N–H and O–H groups in total. The third-order valence-electron chi connectivity index (χ3n) is 4.54. The summed E-state index contributed by atoms with van der Waals surface area (Å²) < 4.78 is 18.4. The van der Waals surface area contributed by atoms with Crippen molar-refractivity contribution >= 4 is 11.9 Å². The second kappa shape index (κ2) is 10.4. The maximum Gasteiger partial charge on any atom is 0.308 e. The van der Waals surface area contributed by atoms with Crippen LogP contribution in [-0.4, -0.2) is 30.1 Å². The van der Waals surface area contributed by atoms with E-state index in [0.717, 1.165) is 16.9 Å². The van der Waals surface area contributed by atoms with Gasteiger partial charge < -0.3 is 15.2 Å². The molecule has 2 aromatic carbocycles. The van der Waals surface area contributed by atoms with Gasteiger partial charge in [0.2, 0.25) is 5.91 Å². The number of carbonyl (C=O) groups is 2. The Kier molecular flexibility index (Phi) is 7.99. The minimum Gasteiger partial charge on any atom is -0.494 e. The van der Waals surface area contributed by atoms with Gasteiger partial charge in [-0.3, -0.25) is 9.59 Å². The highest BCUT2D eigenvalue weighted by atomic mass is 19.1. The molecule has 0 saturated carbocycles. The molecule has 28 heavy (non-hydrogen) atoms. The molecule has 0 aliphatic carbocycles. The summed E-state index contributed by atoms with van der Waals surface area (Å²) in [6, 6.07) is 13.3. The lowest BCUT2D eigenvalue weighted by Crippen LogP contribution is -2.34. The molecule has 0 aromatic heterocycles. The number of hydrogen-bond acceptors (Lipinski definition) is 3. The Morgan fingerprint density at radius 1 is 1.11 bits per heavy atom. The van der Waals surface area contributed by atoms with Crippen molar-refractivity contribution < 1.29 is 23.8 Å². The molecule has 2 rings (SSSR count). The van der Waals surface area contributed by atoms with E-state index in [4.69, 9.17) is 4.74 Å². The van der Waals surface area contributed by atoms with Crippen LogP contribution in [0.25, 0.3) is 0 Å². The molecule has 0 spiro atoms. The van der Waals surface area contributed by atoms with Gasteiger partial charge in [-0.1, -0.05) is 31.2 Å². The van der Waals surface area contributed by atoms with E-state index in [0.29, 0.717) is 13.0 Å². The van der Waals surface area contributed by atoms with E-state index in [1.165, 1.54) is 12.1 Å². The monoisotopic (exact) mass is 387 g/mol. The molecule has 0 aliphatic rings. The van der Waals surface area contributed by atoms with Gasteiger partial charge in [0.15, 0.2) is 0 Å².